The van der Waals surface area contributed by atoms with Gasteiger partial charge in [0.15, 0.2) is 0 Å². The van der Waals surface area contributed by atoms with Crippen LogP contribution in [-0.2, 0) is 0 Å². The molecular weight excluding hydrogens is 174 g/mol. The lowest BCUT2D eigenvalue weighted by Crippen LogP contribution is -2.26. The minimum absolute atomic E-state index is 0.669. The number of rotatable bonds is 2. The van der Waals surface area contributed by atoms with Gasteiger partial charge in [0.2, 0.25) is 0 Å². The van der Waals surface area contributed by atoms with Crippen LogP contribution in [0.4, 0.5) is 11.5 Å². The Hall–Kier alpha value is -1.25. The number of nitrogens with one attached hydrogen (secondary N) is 1. The van der Waals surface area contributed by atoms with Gasteiger partial charge in [0.05, 0.1) is 0 Å². The number of hydrogen-bond acceptors (Lipinski definition) is 3. The summed E-state index contributed by atoms with van der Waals surface area (Å²) < 4.78 is 0. The van der Waals surface area contributed by atoms with Gasteiger partial charge in [-0.25, -0.2) is 4.98 Å². The van der Waals surface area contributed by atoms with E-state index in [4.69, 9.17) is 0 Å². The molecule has 2 rings (SSSR count). The summed E-state index contributed by atoms with van der Waals surface area (Å²) in [5.41, 5.74) is 1.29. The molecule has 1 aromatic heterocycles. The first-order valence-electron chi connectivity index (χ1n) is 5.21. The van der Waals surface area contributed by atoms with Crippen molar-refractivity contribution in [2.24, 2.45) is 0 Å². The molecule has 1 aromatic rings. The first-order valence-corrected chi connectivity index (χ1v) is 5.21. The molecule has 0 aliphatic carbocycles. The highest BCUT2D eigenvalue weighted by molar-refractivity contribution is 5.54. The molecule has 1 aliphatic heterocycles. The molecule has 1 saturated heterocycles. The summed E-state index contributed by atoms with van der Waals surface area (Å²) in [6.07, 6.45) is 4.47. The van der Waals surface area contributed by atoms with Crippen LogP contribution in [0.1, 0.15) is 19.8 Å². The van der Waals surface area contributed by atoms with Crippen molar-refractivity contribution in [3.05, 3.63) is 18.3 Å². The van der Waals surface area contributed by atoms with Crippen molar-refractivity contribution in [2.75, 3.05) is 23.8 Å². The SMILES string of the molecule is CNc1cc(N2CCCC2C)ccn1. The van der Waals surface area contributed by atoms with Gasteiger partial charge >= 0.3 is 0 Å². The summed E-state index contributed by atoms with van der Waals surface area (Å²) in [5.74, 6) is 0.946. The zero-order chi connectivity index (χ0) is 9.97. The molecule has 1 fully saturated rings. The summed E-state index contributed by atoms with van der Waals surface area (Å²) in [7, 11) is 1.90. The summed E-state index contributed by atoms with van der Waals surface area (Å²) in [6.45, 7) is 3.46. The van der Waals surface area contributed by atoms with Gasteiger partial charge in [0, 0.05) is 37.6 Å². The van der Waals surface area contributed by atoms with E-state index in [1.807, 2.05) is 13.2 Å². The van der Waals surface area contributed by atoms with E-state index in [-0.39, 0.29) is 0 Å². The molecule has 0 radical (unpaired) electrons. The van der Waals surface area contributed by atoms with Gasteiger partial charge in [-0.05, 0) is 25.8 Å². The van der Waals surface area contributed by atoms with E-state index >= 15 is 0 Å². The van der Waals surface area contributed by atoms with E-state index in [1.165, 1.54) is 25.1 Å². The molecule has 2 heterocycles. The van der Waals surface area contributed by atoms with Crippen LogP contribution < -0.4 is 10.2 Å². The second kappa shape index (κ2) is 3.86. The Morgan fingerprint density at radius 2 is 2.43 bits per heavy atom. The third-order valence-corrected chi connectivity index (χ3v) is 2.88. The average Bonchev–Trinajstić information content (AvgIpc) is 2.65. The zero-order valence-corrected chi connectivity index (χ0v) is 8.83. The Bertz CT molecular complexity index is 311. The van der Waals surface area contributed by atoms with Crippen molar-refractivity contribution in [1.29, 1.82) is 0 Å². The van der Waals surface area contributed by atoms with Crippen LogP contribution in [0.3, 0.4) is 0 Å². The lowest BCUT2D eigenvalue weighted by molar-refractivity contribution is 0.735. The highest BCUT2D eigenvalue weighted by Crippen LogP contribution is 2.25. The van der Waals surface area contributed by atoms with Crippen molar-refractivity contribution >= 4 is 11.5 Å². The van der Waals surface area contributed by atoms with Crippen LogP contribution in [0.15, 0.2) is 18.3 Å². The Balaban J connectivity index is 2.22. The smallest absolute Gasteiger partial charge is 0.127 e. The maximum absolute atomic E-state index is 4.22. The number of aromatic nitrogens is 1. The van der Waals surface area contributed by atoms with E-state index in [0.717, 1.165) is 5.82 Å². The Kier molecular flexibility index (Phi) is 2.57. The molecule has 3 heteroatoms. The van der Waals surface area contributed by atoms with E-state index in [2.05, 4.69) is 34.3 Å². The molecular formula is C11H17N3. The topological polar surface area (TPSA) is 28.2 Å². The maximum Gasteiger partial charge on any atom is 0.127 e. The Morgan fingerprint density at radius 1 is 1.57 bits per heavy atom. The van der Waals surface area contributed by atoms with E-state index in [1.54, 1.807) is 0 Å². The number of anilines is 2. The number of pyridine rings is 1. The highest BCUT2D eigenvalue weighted by Gasteiger charge is 2.20. The van der Waals surface area contributed by atoms with E-state index in [9.17, 15) is 0 Å². The molecule has 76 valence electrons. The lowest BCUT2D eigenvalue weighted by Gasteiger charge is -2.23. The molecule has 1 unspecified atom stereocenters. The fourth-order valence-corrected chi connectivity index (χ4v) is 2.05. The van der Waals surface area contributed by atoms with Gasteiger partial charge in [-0.15, -0.1) is 0 Å². The molecule has 3 nitrogen and oxygen atoms in total. The maximum atomic E-state index is 4.22. The third-order valence-electron chi connectivity index (χ3n) is 2.88. The zero-order valence-electron chi connectivity index (χ0n) is 8.83. The first kappa shape index (κ1) is 9.31. The second-order valence-corrected chi connectivity index (χ2v) is 3.83. The van der Waals surface area contributed by atoms with Gasteiger partial charge in [0.1, 0.15) is 5.82 Å². The second-order valence-electron chi connectivity index (χ2n) is 3.83. The fourth-order valence-electron chi connectivity index (χ4n) is 2.05. The molecule has 0 amide bonds. The molecule has 14 heavy (non-hydrogen) atoms. The van der Waals surface area contributed by atoms with Gasteiger partial charge in [0.25, 0.3) is 0 Å². The molecule has 1 atom stereocenters. The van der Waals surface area contributed by atoms with Crippen LogP contribution in [-0.4, -0.2) is 24.6 Å². The predicted octanol–water partition coefficient (Wildman–Crippen LogP) is 2.11. The number of hydrogen-bond donors (Lipinski definition) is 1. The molecule has 0 saturated carbocycles. The summed E-state index contributed by atoms with van der Waals surface area (Å²) in [4.78, 5) is 6.66. The molecule has 0 spiro atoms. The van der Waals surface area contributed by atoms with Gasteiger partial charge in [-0.2, -0.15) is 0 Å². The molecule has 1 aliphatic rings. The van der Waals surface area contributed by atoms with Crippen LogP contribution >= 0.6 is 0 Å². The summed E-state index contributed by atoms with van der Waals surface area (Å²) in [5, 5.41) is 3.07. The minimum Gasteiger partial charge on any atom is -0.373 e. The molecule has 0 bridgehead atoms. The standard InChI is InChI=1S/C11H17N3/c1-9-4-3-7-14(9)10-5-6-13-11(8-10)12-2/h5-6,8-9H,3-4,7H2,1-2H3,(H,12,13). The summed E-state index contributed by atoms with van der Waals surface area (Å²) >= 11 is 0. The monoisotopic (exact) mass is 191 g/mol. The fraction of sp³-hybridized carbons (Fsp3) is 0.545. The van der Waals surface area contributed by atoms with Crippen molar-refractivity contribution in [3.63, 3.8) is 0 Å². The minimum atomic E-state index is 0.669. The first-order chi connectivity index (χ1) is 6.81. The van der Waals surface area contributed by atoms with Crippen molar-refractivity contribution in [1.82, 2.24) is 4.98 Å². The van der Waals surface area contributed by atoms with Crippen LogP contribution in [0.2, 0.25) is 0 Å². The number of nitrogens with zero attached hydrogens (tertiary/aromatic N) is 2. The quantitative estimate of drug-likeness (QED) is 0.776. The van der Waals surface area contributed by atoms with Crippen molar-refractivity contribution in [2.45, 2.75) is 25.8 Å². The van der Waals surface area contributed by atoms with E-state index in [0.29, 0.717) is 6.04 Å². The third kappa shape index (κ3) is 1.67. The largest absolute Gasteiger partial charge is 0.373 e. The predicted molar refractivity (Wildman–Crippen MR) is 59.8 cm³/mol. The Morgan fingerprint density at radius 3 is 3.07 bits per heavy atom. The lowest BCUT2D eigenvalue weighted by atomic mass is 10.2. The van der Waals surface area contributed by atoms with Crippen molar-refractivity contribution < 1.29 is 0 Å². The molecule has 1 N–H and O–H groups in total. The Labute approximate surface area is 85.1 Å². The van der Waals surface area contributed by atoms with Gasteiger partial charge < -0.3 is 10.2 Å². The molecule has 0 aromatic carbocycles. The van der Waals surface area contributed by atoms with Crippen LogP contribution in [0, 0.1) is 0 Å². The van der Waals surface area contributed by atoms with Gasteiger partial charge in [-0.1, -0.05) is 0 Å². The van der Waals surface area contributed by atoms with Crippen LogP contribution in [0.5, 0.6) is 0 Å². The van der Waals surface area contributed by atoms with E-state index < -0.39 is 0 Å². The van der Waals surface area contributed by atoms with Gasteiger partial charge in [-0.3, -0.25) is 0 Å². The normalized spacial score (nSPS) is 21.3. The highest BCUT2D eigenvalue weighted by atomic mass is 15.2. The van der Waals surface area contributed by atoms with Crippen molar-refractivity contribution in [3.8, 4) is 0 Å². The van der Waals surface area contributed by atoms with Crippen LogP contribution in [0.25, 0.3) is 0 Å². The average molecular weight is 191 g/mol. The summed E-state index contributed by atoms with van der Waals surface area (Å²) in [6, 6.07) is 4.87.